The number of rotatable bonds is 9. The van der Waals surface area contributed by atoms with E-state index in [2.05, 4.69) is 60.4 Å². The maximum absolute atomic E-state index is 6.01. The smallest absolute Gasteiger partial charge is 0.228 e. The second-order valence-corrected chi connectivity index (χ2v) is 7.92. The third kappa shape index (κ3) is 5.19. The third-order valence-corrected chi connectivity index (χ3v) is 5.16. The van der Waals surface area contributed by atoms with Gasteiger partial charge in [0.2, 0.25) is 5.89 Å². The third-order valence-electron chi connectivity index (χ3n) is 5.16. The number of guanidine groups is 1. The van der Waals surface area contributed by atoms with Gasteiger partial charge in [0.15, 0.2) is 11.8 Å². The number of unbranched alkanes of at least 4 members (excludes halogenated alkanes) is 1. The summed E-state index contributed by atoms with van der Waals surface area (Å²) in [7, 11) is 1.79. The van der Waals surface area contributed by atoms with Gasteiger partial charge < -0.3 is 19.9 Å². The number of hydrogen-bond donors (Lipinski definition) is 2. The van der Waals surface area contributed by atoms with E-state index < -0.39 is 0 Å². The zero-order valence-corrected chi connectivity index (χ0v) is 17.1. The average molecular weight is 366 g/mol. The Morgan fingerprint density at radius 3 is 2.77 bits per heavy atom. The lowest BCUT2D eigenvalue weighted by molar-refractivity contribution is -0.113. The molecule has 1 aromatic heterocycles. The number of aliphatic imine (C=N–C) groups is 1. The van der Waals surface area contributed by atoms with Crippen LogP contribution in [0.3, 0.4) is 0 Å². The van der Waals surface area contributed by atoms with Gasteiger partial charge in [0, 0.05) is 44.0 Å². The lowest BCUT2D eigenvalue weighted by Gasteiger charge is -2.52. The molecule has 1 fully saturated rings. The molecule has 26 heavy (non-hydrogen) atoms. The van der Waals surface area contributed by atoms with Gasteiger partial charge in [-0.25, -0.2) is 0 Å². The van der Waals surface area contributed by atoms with E-state index in [1.807, 2.05) is 0 Å². The summed E-state index contributed by atoms with van der Waals surface area (Å²) in [4.78, 5) is 8.72. The Kier molecular flexibility index (Phi) is 7.43. The van der Waals surface area contributed by atoms with Gasteiger partial charge in [0.1, 0.15) is 0 Å². The summed E-state index contributed by atoms with van der Waals surface area (Å²) in [6, 6.07) is 0.358. The Balaban J connectivity index is 1.74. The van der Waals surface area contributed by atoms with Gasteiger partial charge in [-0.05, 0) is 12.8 Å². The highest BCUT2D eigenvalue weighted by molar-refractivity contribution is 5.80. The van der Waals surface area contributed by atoms with Crippen molar-refractivity contribution in [1.29, 1.82) is 0 Å². The SMILES string of the molecule is CCCCOC1CC(NC(=NC)NCCc2nc(C(C)C)no2)C1(C)C. The van der Waals surface area contributed by atoms with Crippen molar-refractivity contribution in [2.24, 2.45) is 10.4 Å². The van der Waals surface area contributed by atoms with Crippen LogP contribution in [0.25, 0.3) is 0 Å². The fourth-order valence-electron chi connectivity index (χ4n) is 3.03. The number of hydrogen-bond acceptors (Lipinski definition) is 5. The van der Waals surface area contributed by atoms with Crippen molar-refractivity contribution < 1.29 is 9.26 Å². The molecule has 1 heterocycles. The van der Waals surface area contributed by atoms with Crippen LogP contribution in [-0.2, 0) is 11.2 Å². The zero-order valence-electron chi connectivity index (χ0n) is 17.1. The van der Waals surface area contributed by atoms with Gasteiger partial charge in [-0.15, -0.1) is 0 Å². The molecule has 0 aromatic carbocycles. The second kappa shape index (κ2) is 9.35. The molecular weight excluding hydrogens is 330 g/mol. The molecule has 0 amide bonds. The van der Waals surface area contributed by atoms with Crippen LogP contribution >= 0.6 is 0 Å². The summed E-state index contributed by atoms with van der Waals surface area (Å²) in [6.07, 6.45) is 4.31. The minimum Gasteiger partial charge on any atom is -0.378 e. The minimum absolute atomic E-state index is 0.101. The van der Waals surface area contributed by atoms with Crippen LogP contribution in [-0.4, -0.2) is 48.4 Å². The first-order valence-corrected chi connectivity index (χ1v) is 9.79. The molecule has 0 bridgehead atoms. The molecule has 0 saturated heterocycles. The fourth-order valence-corrected chi connectivity index (χ4v) is 3.03. The standard InChI is InChI=1S/C19H35N5O2/c1-7-8-11-25-15-12-14(19(15,4)5)22-18(20-6)21-10-9-16-23-17(13(2)3)24-26-16/h13-15H,7-12H2,1-6H3,(H2,20,21,22). The molecule has 1 aliphatic carbocycles. The van der Waals surface area contributed by atoms with E-state index in [1.54, 1.807) is 7.05 Å². The van der Waals surface area contributed by atoms with E-state index in [0.29, 0.717) is 31.0 Å². The Labute approximate surface area is 157 Å². The van der Waals surface area contributed by atoms with Crippen LogP contribution in [0.5, 0.6) is 0 Å². The number of nitrogens with one attached hydrogen (secondary N) is 2. The quantitative estimate of drug-likeness (QED) is 0.398. The molecule has 1 aromatic rings. The summed E-state index contributed by atoms with van der Waals surface area (Å²) >= 11 is 0. The number of ether oxygens (including phenoxy) is 1. The van der Waals surface area contributed by atoms with Gasteiger partial charge in [-0.2, -0.15) is 4.98 Å². The Bertz CT molecular complexity index is 582. The zero-order chi connectivity index (χ0) is 19.2. The molecule has 2 N–H and O–H groups in total. The fraction of sp³-hybridized carbons (Fsp3) is 0.842. The molecule has 2 unspecified atom stereocenters. The topological polar surface area (TPSA) is 84.6 Å². The van der Waals surface area contributed by atoms with Crippen LogP contribution in [0, 0.1) is 5.41 Å². The van der Waals surface area contributed by atoms with Crippen molar-refractivity contribution in [2.45, 2.75) is 78.4 Å². The molecule has 148 valence electrons. The van der Waals surface area contributed by atoms with Crippen molar-refractivity contribution in [1.82, 2.24) is 20.8 Å². The molecule has 7 nitrogen and oxygen atoms in total. The summed E-state index contributed by atoms with van der Waals surface area (Å²) in [5.41, 5.74) is 0.101. The first-order valence-electron chi connectivity index (χ1n) is 9.79. The average Bonchev–Trinajstić information content (AvgIpc) is 3.08. The normalized spacial score (nSPS) is 22.3. The molecule has 1 saturated carbocycles. The van der Waals surface area contributed by atoms with E-state index in [9.17, 15) is 0 Å². The summed E-state index contributed by atoms with van der Waals surface area (Å²) in [5.74, 6) is 2.50. The monoisotopic (exact) mass is 365 g/mol. The predicted octanol–water partition coefficient (Wildman–Crippen LogP) is 2.88. The molecule has 0 spiro atoms. The van der Waals surface area contributed by atoms with Crippen LogP contribution in [0.1, 0.15) is 71.5 Å². The maximum atomic E-state index is 6.01. The van der Waals surface area contributed by atoms with Gasteiger partial charge in [-0.3, -0.25) is 4.99 Å². The molecule has 2 atom stereocenters. The van der Waals surface area contributed by atoms with Crippen molar-refractivity contribution in [3.63, 3.8) is 0 Å². The highest BCUT2D eigenvalue weighted by Crippen LogP contribution is 2.42. The van der Waals surface area contributed by atoms with E-state index >= 15 is 0 Å². The first kappa shape index (κ1) is 20.7. The summed E-state index contributed by atoms with van der Waals surface area (Å²) in [5, 5.41) is 10.8. The van der Waals surface area contributed by atoms with Crippen molar-refractivity contribution in [2.75, 3.05) is 20.2 Å². The van der Waals surface area contributed by atoms with Crippen LogP contribution in [0.4, 0.5) is 0 Å². The highest BCUT2D eigenvalue weighted by atomic mass is 16.5. The van der Waals surface area contributed by atoms with E-state index in [4.69, 9.17) is 9.26 Å². The number of nitrogens with zero attached hydrogens (tertiary/aromatic N) is 3. The van der Waals surface area contributed by atoms with Crippen molar-refractivity contribution in [3.05, 3.63) is 11.7 Å². The maximum Gasteiger partial charge on any atom is 0.228 e. The first-order chi connectivity index (χ1) is 12.4. The summed E-state index contributed by atoms with van der Waals surface area (Å²) in [6.45, 7) is 12.4. The lowest BCUT2D eigenvalue weighted by Crippen LogP contribution is -2.63. The number of aromatic nitrogens is 2. The lowest BCUT2D eigenvalue weighted by atomic mass is 9.64. The van der Waals surface area contributed by atoms with Gasteiger partial charge >= 0.3 is 0 Å². The summed E-state index contributed by atoms with van der Waals surface area (Å²) < 4.78 is 11.3. The minimum atomic E-state index is 0.101. The van der Waals surface area contributed by atoms with Crippen molar-refractivity contribution >= 4 is 5.96 Å². The molecule has 0 radical (unpaired) electrons. The Hall–Kier alpha value is -1.63. The molecular formula is C19H35N5O2. The predicted molar refractivity (Wildman–Crippen MR) is 103 cm³/mol. The Morgan fingerprint density at radius 1 is 1.42 bits per heavy atom. The molecule has 2 rings (SSSR count). The van der Waals surface area contributed by atoms with Crippen LogP contribution in [0.15, 0.2) is 9.52 Å². The molecule has 7 heteroatoms. The molecule has 0 aliphatic heterocycles. The van der Waals surface area contributed by atoms with Gasteiger partial charge in [0.25, 0.3) is 0 Å². The van der Waals surface area contributed by atoms with Crippen LogP contribution < -0.4 is 10.6 Å². The van der Waals surface area contributed by atoms with E-state index in [1.165, 1.54) is 6.42 Å². The van der Waals surface area contributed by atoms with E-state index in [0.717, 1.165) is 31.2 Å². The van der Waals surface area contributed by atoms with Crippen LogP contribution in [0.2, 0.25) is 0 Å². The van der Waals surface area contributed by atoms with Gasteiger partial charge in [-0.1, -0.05) is 46.2 Å². The van der Waals surface area contributed by atoms with Gasteiger partial charge in [0.05, 0.1) is 6.10 Å². The molecule has 1 aliphatic rings. The largest absolute Gasteiger partial charge is 0.378 e. The second-order valence-electron chi connectivity index (χ2n) is 7.92. The van der Waals surface area contributed by atoms with E-state index in [-0.39, 0.29) is 11.3 Å². The van der Waals surface area contributed by atoms with Crippen molar-refractivity contribution in [3.8, 4) is 0 Å². The Morgan fingerprint density at radius 2 is 2.19 bits per heavy atom. The highest BCUT2D eigenvalue weighted by Gasteiger charge is 2.49.